The zero-order chi connectivity index (χ0) is 24.0. The van der Waals surface area contributed by atoms with Crippen LogP contribution in [0.15, 0.2) is 30.3 Å². The quantitative estimate of drug-likeness (QED) is 0.458. The third-order valence-electron chi connectivity index (χ3n) is 5.04. The fourth-order valence-corrected chi connectivity index (χ4v) is 3.70. The lowest BCUT2D eigenvalue weighted by atomic mass is 9.96. The van der Waals surface area contributed by atoms with Gasteiger partial charge in [0, 0.05) is 25.6 Å². The first-order valence-corrected chi connectivity index (χ1v) is 11.1. The van der Waals surface area contributed by atoms with Gasteiger partial charge < -0.3 is 39.5 Å². The minimum Gasteiger partial charge on any atom is -0.457 e. The number of alkyl carbamates (subject to hydrolysis) is 1. The Labute approximate surface area is 194 Å². The number of carbonyl (C=O) groups is 2. The largest absolute Gasteiger partial charge is 0.457 e. The molecule has 2 fully saturated rings. The van der Waals surface area contributed by atoms with Crippen molar-refractivity contribution in [3.8, 4) is 0 Å². The van der Waals surface area contributed by atoms with Gasteiger partial charge in [0.25, 0.3) is 0 Å². The number of rotatable bonds is 7. The Kier molecular flexibility index (Phi) is 8.66. The average molecular weight is 467 g/mol. The lowest BCUT2D eigenvalue weighted by molar-refractivity contribution is -0.332. The van der Waals surface area contributed by atoms with Gasteiger partial charge in [0.15, 0.2) is 12.4 Å². The fraction of sp³-hybridized carbons (Fsp3) is 0.652. The normalized spacial score (nSPS) is 29.6. The Morgan fingerprint density at radius 3 is 2.55 bits per heavy atom. The molecule has 0 radical (unpaired) electrons. The van der Waals surface area contributed by atoms with E-state index in [1.165, 1.54) is 6.92 Å². The summed E-state index contributed by atoms with van der Waals surface area (Å²) < 4.78 is 34.5. The second kappa shape index (κ2) is 11.3. The molecule has 2 saturated heterocycles. The van der Waals surface area contributed by atoms with Crippen LogP contribution in [-0.4, -0.2) is 68.1 Å². The van der Waals surface area contributed by atoms with Crippen LogP contribution in [0.1, 0.15) is 46.0 Å². The minimum absolute atomic E-state index is 0.238. The number of hydrogen-bond acceptors (Lipinski definition) is 9. The predicted molar refractivity (Wildman–Crippen MR) is 117 cm³/mol. The van der Waals surface area contributed by atoms with Crippen LogP contribution < -0.4 is 11.1 Å². The van der Waals surface area contributed by atoms with Gasteiger partial charge in [0.2, 0.25) is 0 Å². The van der Waals surface area contributed by atoms with Gasteiger partial charge in [-0.25, -0.2) is 4.79 Å². The Hall–Kier alpha value is -2.24. The number of fused-ring (bicyclic) bond motifs is 1. The van der Waals surface area contributed by atoms with E-state index in [4.69, 9.17) is 34.2 Å². The molecule has 184 valence electrons. The summed E-state index contributed by atoms with van der Waals surface area (Å²) in [6, 6.07) is 9.48. The molecule has 1 aromatic carbocycles. The molecule has 0 spiro atoms. The molecule has 0 aromatic heterocycles. The fourth-order valence-electron chi connectivity index (χ4n) is 3.70. The van der Waals surface area contributed by atoms with Crippen molar-refractivity contribution in [1.82, 2.24) is 5.32 Å². The molecule has 1 amide bonds. The van der Waals surface area contributed by atoms with Crippen LogP contribution in [-0.2, 0) is 33.2 Å². The molecule has 2 aliphatic rings. The minimum atomic E-state index is -0.838. The number of benzene rings is 1. The molecular weight excluding hydrogens is 432 g/mol. The summed E-state index contributed by atoms with van der Waals surface area (Å²) in [4.78, 5) is 23.6. The molecular formula is C23H34N2O8. The summed E-state index contributed by atoms with van der Waals surface area (Å²) >= 11 is 0. The van der Waals surface area contributed by atoms with Gasteiger partial charge >= 0.3 is 12.1 Å². The van der Waals surface area contributed by atoms with E-state index in [1.807, 2.05) is 30.3 Å². The predicted octanol–water partition coefficient (Wildman–Crippen LogP) is 2.02. The van der Waals surface area contributed by atoms with Crippen LogP contribution in [0.2, 0.25) is 0 Å². The van der Waals surface area contributed by atoms with Crippen LogP contribution in [0.3, 0.4) is 0 Å². The second-order valence-electron chi connectivity index (χ2n) is 9.01. The Balaban J connectivity index is 1.58. The topological polar surface area (TPSA) is 128 Å². The molecule has 0 bridgehead atoms. The van der Waals surface area contributed by atoms with Crippen LogP contribution in [0.4, 0.5) is 4.79 Å². The van der Waals surface area contributed by atoms with E-state index in [0.717, 1.165) is 5.56 Å². The number of nitrogens with two attached hydrogens (primary N) is 1. The third-order valence-corrected chi connectivity index (χ3v) is 5.04. The highest BCUT2D eigenvalue weighted by atomic mass is 16.7. The summed E-state index contributed by atoms with van der Waals surface area (Å²) in [7, 11) is 0. The summed E-state index contributed by atoms with van der Waals surface area (Å²) in [5.41, 5.74) is 6.47. The Bertz CT molecular complexity index is 784. The maximum absolute atomic E-state index is 11.8. The lowest BCUT2D eigenvalue weighted by Gasteiger charge is -2.47. The maximum atomic E-state index is 11.8. The monoisotopic (exact) mass is 466 g/mol. The zero-order valence-electron chi connectivity index (χ0n) is 19.5. The van der Waals surface area contributed by atoms with Crippen molar-refractivity contribution < 1.29 is 38.0 Å². The van der Waals surface area contributed by atoms with Gasteiger partial charge in [-0.05, 0) is 27.2 Å². The van der Waals surface area contributed by atoms with Crippen LogP contribution in [0.5, 0.6) is 0 Å². The van der Waals surface area contributed by atoms with E-state index < -0.39 is 54.6 Å². The molecule has 2 heterocycles. The first-order valence-electron chi connectivity index (χ1n) is 11.1. The number of carbonyl (C=O) groups excluding carboxylic acids is 2. The molecule has 0 aliphatic carbocycles. The average Bonchev–Trinajstić information content (AvgIpc) is 2.74. The number of amides is 1. The van der Waals surface area contributed by atoms with E-state index in [9.17, 15) is 9.59 Å². The van der Waals surface area contributed by atoms with Crippen molar-refractivity contribution >= 4 is 12.1 Å². The highest BCUT2D eigenvalue weighted by Gasteiger charge is 2.51. The maximum Gasteiger partial charge on any atom is 0.407 e. The van der Waals surface area contributed by atoms with Crippen molar-refractivity contribution in [2.45, 2.75) is 76.7 Å². The lowest BCUT2D eigenvalue weighted by Crippen LogP contribution is -2.65. The van der Waals surface area contributed by atoms with Crippen molar-refractivity contribution in [2.24, 2.45) is 5.73 Å². The standard InChI is InChI=1S/C23H34N2O8/c1-14(26)30-18-17-16(13-29-21(32-17)15-9-6-5-7-10-15)31-20(24)19(18)28-12-8-11-25-22(27)33-23(2,3)4/h5-7,9-10,16-21H,8,11-13,24H2,1-4H3,(H,25,27)/t16?,17-,18-,19?,20+,21?/m0/s1. The first-order chi connectivity index (χ1) is 15.6. The van der Waals surface area contributed by atoms with Gasteiger partial charge in [-0.1, -0.05) is 30.3 Å². The van der Waals surface area contributed by atoms with Gasteiger partial charge in [-0.2, -0.15) is 0 Å². The number of ether oxygens (including phenoxy) is 6. The highest BCUT2D eigenvalue weighted by Crippen LogP contribution is 2.35. The van der Waals surface area contributed by atoms with E-state index in [1.54, 1.807) is 20.8 Å². The third kappa shape index (κ3) is 7.38. The highest BCUT2D eigenvalue weighted by molar-refractivity contribution is 5.67. The van der Waals surface area contributed by atoms with E-state index in [0.29, 0.717) is 13.0 Å². The second-order valence-corrected chi connectivity index (χ2v) is 9.01. The van der Waals surface area contributed by atoms with Crippen LogP contribution in [0.25, 0.3) is 0 Å². The molecule has 2 aliphatic heterocycles. The molecule has 1 aromatic rings. The van der Waals surface area contributed by atoms with Gasteiger partial charge in [0.1, 0.15) is 30.1 Å². The number of hydrogen-bond donors (Lipinski definition) is 2. The smallest absolute Gasteiger partial charge is 0.407 e. The molecule has 3 N–H and O–H groups in total. The Morgan fingerprint density at radius 2 is 1.88 bits per heavy atom. The first kappa shape index (κ1) is 25.4. The molecule has 33 heavy (non-hydrogen) atoms. The zero-order valence-corrected chi connectivity index (χ0v) is 19.5. The van der Waals surface area contributed by atoms with Crippen molar-refractivity contribution in [3.05, 3.63) is 35.9 Å². The molecule has 10 heteroatoms. The van der Waals surface area contributed by atoms with E-state index in [-0.39, 0.29) is 13.2 Å². The number of esters is 1. The van der Waals surface area contributed by atoms with Gasteiger partial charge in [-0.3, -0.25) is 4.79 Å². The SMILES string of the molecule is CC(=O)O[C@@H]1C(OCCCNC(=O)OC(C)(C)C)[C@H](N)OC2COC(c3ccccc3)O[C@@H]21. The Morgan fingerprint density at radius 1 is 1.15 bits per heavy atom. The number of nitrogens with one attached hydrogen (secondary N) is 1. The summed E-state index contributed by atoms with van der Waals surface area (Å²) in [5, 5.41) is 2.67. The summed E-state index contributed by atoms with van der Waals surface area (Å²) in [5.74, 6) is -0.473. The van der Waals surface area contributed by atoms with Crippen molar-refractivity contribution in [1.29, 1.82) is 0 Å². The van der Waals surface area contributed by atoms with Crippen molar-refractivity contribution in [3.63, 3.8) is 0 Å². The summed E-state index contributed by atoms with van der Waals surface area (Å²) in [6.07, 6.45) is -4.09. The molecule has 6 atom stereocenters. The van der Waals surface area contributed by atoms with Gasteiger partial charge in [-0.15, -0.1) is 0 Å². The van der Waals surface area contributed by atoms with Crippen molar-refractivity contribution in [2.75, 3.05) is 19.8 Å². The molecule has 3 rings (SSSR count). The van der Waals surface area contributed by atoms with E-state index >= 15 is 0 Å². The van der Waals surface area contributed by atoms with Crippen LogP contribution >= 0.6 is 0 Å². The molecule has 3 unspecified atom stereocenters. The molecule has 0 saturated carbocycles. The van der Waals surface area contributed by atoms with Gasteiger partial charge in [0.05, 0.1) is 6.61 Å². The summed E-state index contributed by atoms with van der Waals surface area (Å²) in [6.45, 7) is 7.55. The van der Waals surface area contributed by atoms with Crippen LogP contribution in [0, 0.1) is 0 Å². The molecule has 10 nitrogen and oxygen atoms in total. The van der Waals surface area contributed by atoms with E-state index in [2.05, 4.69) is 5.32 Å².